The summed E-state index contributed by atoms with van der Waals surface area (Å²) >= 11 is 7.19. The van der Waals surface area contributed by atoms with Crippen molar-refractivity contribution in [3.63, 3.8) is 0 Å². The van der Waals surface area contributed by atoms with Gasteiger partial charge in [0.1, 0.15) is 5.82 Å². The lowest BCUT2D eigenvalue weighted by Crippen LogP contribution is -2.14. The first-order valence-electron chi connectivity index (χ1n) is 5.99. The molecule has 0 spiro atoms. The van der Waals surface area contributed by atoms with E-state index < -0.39 is 0 Å². The summed E-state index contributed by atoms with van der Waals surface area (Å²) in [4.78, 5) is 12.3. The predicted octanol–water partition coefficient (Wildman–Crippen LogP) is 4.52. The van der Waals surface area contributed by atoms with Crippen molar-refractivity contribution >= 4 is 35.0 Å². The number of carbonyl (C=O) groups is 1. The number of aryl methyl sites for hydroxylation is 1. The van der Waals surface area contributed by atoms with Crippen LogP contribution in [0.3, 0.4) is 0 Å². The van der Waals surface area contributed by atoms with Gasteiger partial charge in [-0.3, -0.25) is 4.79 Å². The quantitative estimate of drug-likeness (QED) is 0.841. The minimum absolute atomic E-state index is 0.130. The van der Waals surface area contributed by atoms with E-state index in [4.69, 9.17) is 11.6 Å². The van der Waals surface area contributed by atoms with Crippen LogP contribution in [0.1, 0.15) is 5.56 Å². The summed E-state index contributed by atoms with van der Waals surface area (Å²) in [6, 6.07) is 11.8. The number of hydrogen-bond acceptors (Lipinski definition) is 2. The first-order chi connectivity index (χ1) is 9.56. The maximum atomic E-state index is 13.4. The van der Waals surface area contributed by atoms with Gasteiger partial charge in [-0.2, -0.15) is 0 Å². The van der Waals surface area contributed by atoms with Crippen molar-refractivity contribution in [3.05, 3.63) is 58.9 Å². The molecule has 0 fully saturated rings. The summed E-state index contributed by atoms with van der Waals surface area (Å²) in [5.41, 5.74) is 1.59. The summed E-state index contributed by atoms with van der Waals surface area (Å²) in [7, 11) is 0. The predicted molar refractivity (Wildman–Crippen MR) is 81.9 cm³/mol. The molecule has 0 aliphatic heterocycles. The van der Waals surface area contributed by atoms with Crippen molar-refractivity contribution < 1.29 is 9.18 Å². The van der Waals surface area contributed by atoms with E-state index >= 15 is 0 Å². The van der Waals surface area contributed by atoms with E-state index in [2.05, 4.69) is 5.32 Å². The fourth-order valence-electron chi connectivity index (χ4n) is 1.61. The Labute approximate surface area is 126 Å². The Morgan fingerprint density at radius 2 is 2.05 bits per heavy atom. The first-order valence-corrected chi connectivity index (χ1v) is 7.36. The Hall–Kier alpha value is -1.52. The highest BCUT2D eigenvalue weighted by atomic mass is 35.5. The first kappa shape index (κ1) is 14.9. The van der Waals surface area contributed by atoms with Crippen LogP contribution in [0.15, 0.2) is 47.4 Å². The average molecular weight is 310 g/mol. The third-order valence-electron chi connectivity index (χ3n) is 2.59. The molecular weight excluding hydrogens is 297 g/mol. The van der Waals surface area contributed by atoms with Crippen LogP contribution in [0, 0.1) is 12.7 Å². The monoisotopic (exact) mass is 309 g/mol. The van der Waals surface area contributed by atoms with E-state index in [-0.39, 0.29) is 17.5 Å². The Morgan fingerprint density at radius 1 is 1.30 bits per heavy atom. The van der Waals surface area contributed by atoms with Crippen LogP contribution in [0.5, 0.6) is 0 Å². The third kappa shape index (κ3) is 3.99. The summed E-state index contributed by atoms with van der Waals surface area (Å²) in [6.07, 6.45) is 0. The molecule has 0 bridgehead atoms. The van der Waals surface area contributed by atoms with Gasteiger partial charge in [-0.25, -0.2) is 4.39 Å². The standard InChI is InChI=1S/C15H13ClFNOS/c1-10-6-7-13(11(16)8-10)18-15(19)9-20-14-5-3-2-4-12(14)17/h2-8H,9H2,1H3,(H,18,19). The second-order valence-electron chi connectivity index (χ2n) is 4.25. The number of carbonyl (C=O) groups excluding carboxylic acids is 1. The normalized spacial score (nSPS) is 10.3. The molecule has 2 nitrogen and oxygen atoms in total. The lowest BCUT2D eigenvalue weighted by atomic mass is 10.2. The molecule has 0 atom stereocenters. The van der Waals surface area contributed by atoms with Gasteiger partial charge in [-0.05, 0) is 36.8 Å². The Kier molecular flexibility index (Phi) is 5.04. The summed E-state index contributed by atoms with van der Waals surface area (Å²) in [5.74, 6) is -0.409. The fraction of sp³-hybridized carbons (Fsp3) is 0.133. The molecule has 0 aliphatic rings. The number of thioether (sulfide) groups is 1. The average Bonchev–Trinajstić information content (AvgIpc) is 2.41. The molecule has 2 aromatic carbocycles. The van der Waals surface area contributed by atoms with E-state index in [1.54, 1.807) is 30.3 Å². The van der Waals surface area contributed by atoms with Gasteiger partial charge in [-0.15, -0.1) is 11.8 Å². The number of hydrogen-bond donors (Lipinski definition) is 1. The molecule has 20 heavy (non-hydrogen) atoms. The number of anilines is 1. The van der Waals surface area contributed by atoms with Gasteiger partial charge in [0.05, 0.1) is 16.5 Å². The van der Waals surface area contributed by atoms with Crippen molar-refractivity contribution in [1.29, 1.82) is 0 Å². The number of rotatable bonds is 4. The molecule has 1 amide bonds. The number of nitrogens with one attached hydrogen (secondary N) is 1. The highest BCUT2D eigenvalue weighted by Crippen LogP contribution is 2.24. The molecule has 0 aliphatic carbocycles. The number of benzene rings is 2. The van der Waals surface area contributed by atoms with Crippen molar-refractivity contribution in [1.82, 2.24) is 0 Å². The van der Waals surface area contributed by atoms with Gasteiger partial charge in [0, 0.05) is 4.90 Å². The van der Waals surface area contributed by atoms with Crippen LogP contribution >= 0.6 is 23.4 Å². The third-order valence-corrected chi connectivity index (χ3v) is 3.96. The molecule has 0 aromatic heterocycles. The largest absolute Gasteiger partial charge is 0.324 e. The zero-order chi connectivity index (χ0) is 14.5. The minimum atomic E-state index is -0.321. The molecule has 0 saturated carbocycles. The van der Waals surface area contributed by atoms with Crippen LogP contribution in [0.2, 0.25) is 5.02 Å². The molecule has 0 heterocycles. The molecule has 1 N–H and O–H groups in total. The summed E-state index contributed by atoms with van der Waals surface area (Å²) in [6.45, 7) is 1.92. The molecular formula is C15H13ClFNOS. The number of amides is 1. The van der Waals surface area contributed by atoms with Crippen molar-refractivity contribution in [2.24, 2.45) is 0 Å². The van der Waals surface area contributed by atoms with E-state index in [9.17, 15) is 9.18 Å². The number of halogens is 2. The van der Waals surface area contributed by atoms with Crippen LogP contribution in [0.25, 0.3) is 0 Å². The van der Waals surface area contributed by atoms with Crippen LogP contribution in [-0.2, 0) is 4.79 Å². The maximum absolute atomic E-state index is 13.4. The lowest BCUT2D eigenvalue weighted by molar-refractivity contribution is -0.113. The van der Waals surface area contributed by atoms with Crippen molar-refractivity contribution in [2.75, 3.05) is 11.1 Å². The molecule has 2 rings (SSSR count). The topological polar surface area (TPSA) is 29.1 Å². The molecule has 104 valence electrons. The summed E-state index contributed by atoms with van der Waals surface area (Å²) in [5, 5.41) is 3.21. The highest BCUT2D eigenvalue weighted by Gasteiger charge is 2.08. The van der Waals surface area contributed by atoms with Gasteiger partial charge in [0.2, 0.25) is 5.91 Å². The van der Waals surface area contributed by atoms with E-state index in [0.29, 0.717) is 15.6 Å². The van der Waals surface area contributed by atoms with Gasteiger partial charge < -0.3 is 5.32 Å². The molecule has 2 aromatic rings. The molecule has 0 radical (unpaired) electrons. The Morgan fingerprint density at radius 3 is 2.75 bits per heavy atom. The van der Waals surface area contributed by atoms with Crippen LogP contribution in [0.4, 0.5) is 10.1 Å². The summed E-state index contributed by atoms with van der Waals surface area (Å²) < 4.78 is 13.4. The van der Waals surface area contributed by atoms with Gasteiger partial charge in [0.25, 0.3) is 0 Å². The van der Waals surface area contributed by atoms with Gasteiger partial charge in [0.15, 0.2) is 0 Å². The fourth-order valence-corrected chi connectivity index (χ4v) is 2.63. The molecule has 5 heteroatoms. The lowest BCUT2D eigenvalue weighted by Gasteiger charge is -2.08. The zero-order valence-electron chi connectivity index (χ0n) is 10.8. The van der Waals surface area contributed by atoms with Gasteiger partial charge >= 0.3 is 0 Å². The van der Waals surface area contributed by atoms with E-state index in [1.165, 1.54) is 6.07 Å². The second kappa shape index (κ2) is 6.77. The van der Waals surface area contributed by atoms with Crippen LogP contribution in [-0.4, -0.2) is 11.7 Å². The van der Waals surface area contributed by atoms with E-state index in [0.717, 1.165) is 17.3 Å². The van der Waals surface area contributed by atoms with Gasteiger partial charge in [-0.1, -0.05) is 29.8 Å². The van der Waals surface area contributed by atoms with Crippen molar-refractivity contribution in [2.45, 2.75) is 11.8 Å². The zero-order valence-corrected chi connectivity index (χ0v) is 12.4. The Bertz CT molecular complexity index is 633. The maximum Gasteiger partial charge on any atom is 0.234 e. The van der Waals surface area contributed by atoms with Crippen LogP contribution < -0.4 is 5.32 Å². The smallest absolute Gasteiger partial charge is 0.234 e. The van der Waals surface area contributed by atoms with Crippen molar-refractivity contribution in [3.8, 4) is 0 Å². The SMILES string of the molecule is Cc1ccc(NC(=O)CSc2ccccc2F)c(Cl)c1. The highest BCUT2D eigenvalue weighted by molar-refractivity contribution is 8.00. The molecule has 0 saturated heterocycles. The Balaban J connectivity index is 1.94. The van der Waals surface area contributed by atoms with E-state index in [1.807, 2.05) is 13.0 Å². The second-order valence-corrected chi connectivity index (χ2v) is 5.67. The minimum Gasteiger partial charge on any atom is -0.324 e. The molecule has 0 unspecified atom stereocenters.